The number of likely N-dealkylation sites (tertiary alicyclic amines) is 2. The lowest BCUT2D eigenvalue weighted by atomic mass is 9.95. The lowest BCUT2D eigenvalue weighted by Gasteiger charge is -2.33. The molecule has 38 heteroatoms. The van der Waals surface area contributed by atoms with E-state index in [0.29, 0.717) is 35.0 Å². The third-order valence-electron chi connectivity index (χ3n) is 18.2. The monoisotopic (exact) mass is 1490 g/mol. The molecule has 38 nitrogen and oxygen atoms in total. The Morgan fingerprint density at radius 1 is 0.575 bits per heavy atom. The minimum atomic E-state index is -1.73. The molecule has 5 rings (SSSR count). The Labute approximate surface area is 612 Å². The van der Waals surface area contributed by atoms with Crippen LogP contribution in [0, 0.1) is 17.8 Å². The minimum absolute atomic E-state index is 0.00953. The number of aliphatic carboxylic acids is 1. The molecule has 1 aromatic carbocycles. The molecule has 0 bridgehead atoms. The maximum absolute atomic E-state index is 15.1. The molecule has 0 unspecified atom stereocenters. The molecule has 4 heterocycles. The maximum atomic E-state index is 15.1. The van der Waals surface area contributed by atoms with Crippen molar-refractivity contribution in [3.05, 3.63) is 54.2 Å². The van der Waals surface area contributed by atoms with Crippen molar-refractivity contribution >= 4 is 106 Å². The van der Waals surface area contributed by atoms with E-state index in [0.717, 1.165) is 0 Å². The molecule has 2 aromatic heterocycles. The summed E-state index contributed by atoms with van der Waals surface area (Å²) in [6.07, 6.45) is 2.64. The molecule has 2 aliphatic rings. The molecule has 2 aliphatic heterocycles. The summed E-state index contributed by atoms with van der Waals surface area (Å²) in [5, 5.41) is 43.4. The third kappa shape index (κ3) is 26.4. The number of guanidine groups is 1. The van der Waals surface area contributed by atoms with Crippen molar-refractivity contribution in [1.82, 2.24) is 72.6 Å². The number of fused-ring (bicyclic) bond motifs is 1. The average Bonchev–Trinajstić information content (AvgIpc) is 1.62. The summed E-state index contributed by atoms with van der Waals surface area (Å²) < 4.78 is 0. The molecule has 3 aromatic rings. The second-order valence-electron chi connectivity index (χ2n) is 27.6. The summed E-state index contributed by atoms with van der Waals surface area (Å²) in [5.74, 6) is -15.2. The number of hydrogen-bond acceptors (Lipinski definition) is 19. The van der Waals surface area contributed by atoms with Gasteiger partial charge in [-0.25, -0.2) is 9.78 Å². The molecule has 2 fully saturated rings. The SMILES string of the molecule is CC[C@H](C)[C@H](NC(=O)[C@H](Cc1c[nH]c2ccccc12)NC(=O)[C@H](CCC(N)=O)NC(=O)[C@H](CC(N)=O)NC(=O)[C@@H](N)CO)C(=O)N[C@@H](CC(C)C)C(=O)N1CCC[C@H]1C(=O)N[C@@H](CCCN=C(N)N)C(=O)N[C@@H](CC(C)C)C(=O)N1CCC[C@H]1C(=O)N[C@@H](CCC(N)=O)C(=O)N[C@@H](Cc1cnc[nH]1)C(=O)O. The van der Waals surface area contributed by atoms with E-state index in [4.69, 9.17) is 34.4 Å². The molecular weight excluding hydrogens is 1380 g/mol. The predicted octanol–water partition coefficient (Wildman–Crippen LogP) is -4.98. The lowest BCUT2D eigenvalue weighted by molar-refractivity contribution is -0.144. The van der Waals surface area contributed by atoms with Crippen molar-refractivity contribution in [3.63, 3.8) is 0 Å². The number of para-hydroxylation sites is 1. The second kappa shape index (κ2) is 41.6. The summed E-state index contributed by atoms with van der Waals surface area (Å²) in [6, 6.07) is -10.2. The average molecular weight is 1490 g/mol. The Hall–Kier alpha value is -10.8. The number of nitrogens with one attached hydrogen (secondary N) is 11. The molecule has 14 amide bonds. The number of carbonyl (C=O) groups excluding carboxylic acids is 14. The van der Waals surface area contributed by atoms with E-state index in [1.165, 1.54) is 22.3 Å². The molecule has 584 valence electrons. The van der Waals surface area contributed by atoms with Crippen LogP contribution in [0.1, 0.15) is 143 Å². The van der Waals surface area contributed by atoms with Gasteiger partial charge >= 0.3 is 5.97 Å². The Balaban J connectivity index is 1.38. The van der Waals surface area contributed by atoms with Gasteiger partial charge in [-0.05, 0) is 93.6 Å². The number of carboxylic acids is 1. The molecule has 0 radical (unpaired) electrons. The van der Waals surface area contributed by atoms with Crippen LogP contribution in [0.4, 0.5) is 0 Å². The highest BCUT2D eigenvalue weighted by Crippen LogP contribution is 2.25. The molecule has 13 atom stereocenters. The number of nitrogens with two attached hydrogens (primary N) is 6. The van der Waals surface area contributed by atoms with E-state index in [9.17, 15) is 77.3 Å². The third-order valence-corrected chi connectivity index (χ3v) is 18.2. The summed E-state index contributed by atoms with van der Waals surface area (Å²) in [4.78, 5) is 223. The number of aliphatic hydroxyl groups excluding tert-OH is 1. The van der Waals surface area contributed by atoms with E-state index in [2.05, 4.69) is 67.8 Å². The summed E-state index contributed by atoms with van der Waals surface area (Å²) in [6.45, 7) is 9.83. The standard InChI is InChI=1S/C68H105N21O17/c1-7-36(6)55(87-61(99)45(27-37-30-77-41-14-9-8-13-39(37)41)83-58(96)43(18-20-52(70)91)79-60(98)46(29-54(72)93)82-56(94)40(69)32-90)64(102)85-48(26-35(4)5)66(104)89-24-11-16-50(89)62(100)80-42(15-10-22-76-68(73)74)57(95)84-47(25-34(2)3)65(103)88-23-12-17-51(88)63(101)81-44(19-21-53(71)92)59(97)86-49(67(105)106)28-38-31-75-33-78-38/h8-9,13-14,30-31,33-36,40,42-51,55,77,90H,7,10-12,15-29,32,69H2,1-6H3,(H2,70,91)(H2,71,92)(H2,72,93)(H,75,78)(H,79,98)(H,80,100)(H,81,101)(H,82,94)(H,83,96)(H,84,95)(H,85,102)(H,86,97)(H,87,99)(H,105,106)(H4,73,74,76)/t36-,40-,42-,43-,44-,45-,46-,47-,48-,49-,50-,51-,55-/m0/s1. The number of H-pyrrole nitrogens is 2. The predicted molar refractivity (Wildman–Crippen MR) is 383 cm³/mol. The first-order valence-electron chi connectivity index (χ1n) is 35.5. The second-order valence-corrected chi connectivity index (χ2v) is 27.6. The Bertz CT molecular complexity index is 3620. The number of carboxylic acid groups (broad SMARTS) is 1. The van der Waals surface area contributed by atoms with Gasteiger partial charge in [0.05, 0.1) is 19.4 Å². The quantitative estimate of drug-likeness (QED) is 0.0143. The smallest absolute Gasteiger partial charge is 0.326 e. The van der Waals surface area contributed by atoms with Gasteiger partial charge in [0.15, 0.2) is 5.96 Å². The van der Waals surface area contributed by atoms with Crippen molar-refractivity contribution in [3.8, 4) is 0 Å². The first-order chi connectivity index (χ1) is 50.1. The van der Waals surface area contributed by atoms with Crippen molar-refractivity contribution in [2.75, 3.05) is 26.2 Å². The molecule has 0 saturated carbocycles. The number of benzene rings is 1. The maximum Gasteiger partial charge on any atom is 0.326 e. The molecule has 106 heavy (non-hydrogen) atoms. The van der Waals surface area contributed by atoms with Crippen LogP contribution < -0.4 is 82.3 Å². The number of rotatable bonds is 44. The van der Waals surface area contributed by atoms with Crippen LogP contribution in [0.3, 0.4) is 0 Å². The Morgan fingerprint density at radius 3 is 1.55 bits per heavy atom. The van der Waals surface area contributed by atoms with E-state index < -0.39 is 193 Å². The van der Waals surface area contributed by atoms with Crippen LogP contribution in [0.15, 0.2) is 48.0 Å². The highest BCUT2D eigenvalue weighted by Gasteiger charge is 2.44. The van der Waals surface area contributed by atoms with E-state index in [-0.39, 0.29) is 108 Å². The first-order valence-corrected chi connectivity index (χ1v) is 35.5. The van der Waals surface area contributed by atoms with Crippen LogP contribution in [-0.2, 0) is 84.8 Å². The van der Waals surface area contributed by atoms with Gasteiger partial charge in [-0.2, -0.15) is 0 Å². The van der Waals surface area contributed by atoms with Crippen LogP contribution in [0.2, 0.25) is 0 Å². The summed E-state index contributed by atoms with van der Waals surface area (Å²) >= 11 is 0. The Kier molecular flexibility index (Phi) is 33.7. The van der Waals surface area contributed by atoms with Gasteiger partial charge < -0.3 is 112 Å². The number of imidazole rings is 1. The number of nitrogens with zero attached hydrogens (tertiary/aromatic N) is 4. The normalized spacial score (nSPS) is 17.3. The Morgan fingerprint density at radius 2 is 1.06 bits per heavy atom. The lowest BCUT2D eigenvalue weighted by Crippen LogP contribution is -2.61. The van der Waals surface area contributed by atoms with Crippen molar-refractivity contribution in [2.45, 2.75) is 217 Å². The van der Waals surface area contributed by atoms with Crippen molar-refractivity contribution < 1.29 is 82.1 Å². The number of aromatic nitrogens is 3. The highest BCUT2D eigenvalue weighted by atomic mass is 16.4. The van der Waals surface area contributed by atoms with Gasteiger partial charge in [-0.1, -0.05) is 66.2 Å². The number of aromatic amines is 2. The van der Waals surface area contributed by atoms with Crippen LogP contribution in [0.25, 0.3) is 10.9 Å². The zero-order valence-electron chi connectivity index (χ0n) is 60.6. The molecule has 2 saturated heterocycles. The number of aliphatic hydroxyl groups is 1. The largest absolute Gasteiger partial charge is 0.480 e. The molecule has 0 spiro atoms. The fraction of sp³-hybridized carbons (Fsp3) is 0.603. The molecular formula is C68H105N21O17. The van der Waals surface area contributed by atoms with Gasteiger partial charge in [-0.3, -0.25) is 72.1 Å². The van der Waals surface area contributed by atoms with Crippen LogP contribution >= 0.6 is 0 Å². The number of primary amides is 3. The number of carbonyl (C=O) groups is 15. The van der Waals surface area contributed by atoms with Gasteiger partial charge in [0.2, 0.25) is 82.7 Å². The molecule has 25 N–H and O–H groups in total. The van der Waals surface area contributed by atoms with Crippen molar-refractivity contribution in [1.29, 1.82) is 0 Å². The number of amides is 14. The first kappa shape index (κ1) is 85.9. The van der Waals surface area contributed by atoms with Crippen LogP contribution in [0.5, 0.6) is 0 Å². The topological polar surface area (TPSA) is 624 Å². The summed E-state index contributed by atoms with van der Waals surface area (Å²) in [5.41, 5.74) is 34.7. The molecule has 0 aliphatic carbocycles. The highest BCUT2D eigenvalue weighted by molar-refractivity contribution is 6.01. The van der Waals surface area contributed by atoms with E-state index in [1.54, 1.807) is 72.0 Å². The van der Waals surface area contributed by atoms with E-state index >= 15 is 4.79 Å². The minimum Gasteiger partial charge on any atom is -0.480 e. The number of hydrogen-bond donors (Lipinski definition) is 19. The van der Waals surface area contributed by atoms with Crippen LogP contribution in [-0.4, -0.2) is 228 Å². The zero-order chi connectivity index (χ0) is 78.6. The zero-order valence-corrected chi connectivity index (χ0v) is 60.6. The van der Waals surface area contributed by atoms with Gasteiger partial charge in [0.1, 0.15) is 72.5 Å². The van der Waals surface area contributed by atoms with Gasteiger partial charge in [0, 0.05) is 74.3 Å². The van der Waals surface area contributed by atoms with Gasteiger partial charge in [0.25, 0.3) is 0 Å². The summed E-state index contributed by atoms with van der Waals surface area (Å²) in [7, 11) is 0. The fourth-order valence-electron chi connectivity index (χ4n) is 12.4. The fourth-order valence-corrected chi connectivity index (χ4v) is 12.4. The van der Waals surface area contributed by atoms with E-state index in [1.807, 2.05) is 0 Å². The van der Waals surface area contributed by atoms with Crippen molar-refractivity contribution in [2.24, 2.45) is 57.1 Å². The number of aliphatic imine (C=N–C) groups is 1. The van der Waals surface area contributed by atoms with Gasteiger partial charge in [-0.15, -0.1) is 0 Å².